The summed E-state index contributed by atoms with van der Waals surface area (Å²) < 4.78 is 7.45. The molecule has 1 fully saturated rings. The summed E-state index contributed by atoms with van der Waals surface area (Å²) in [6.07, 6.45) is 6.98. The van der Waals surface area contributed by atoms with Gasteiger partial charge in [-0.2, -0.15) is 5.10 Å². The smallest absolute Gasteiger partial charge is 0.227 e. The lowest BCUT2D eigenvalue weighted by Gasteiger charge is -2.40. The lowest BCUT2D eigenvalue weighted by Crippen LogP contribution is -2.55. The third-order valence-corrected chi connectivity index (χ3v) is 6.89. The van der Waals surface area contributed by atoms with Crippen molar-refractivity contribution in [1.82, 2.24) is 24.6 Å². The highest BCUT2D eigenvalue weighted by atomic mass is 16.5. The molecule has 2 aromatic heterocycles. The molecule has 0 bridgehead atoms. The summed E-state index contributed by atoms with van der Waals surface area (Å²) in [6.45, 7) is 8.87. The van der Waals surface area contributed by atoms with Crippen molar-refractivity contribution >= 4 is 23.3 Å². The molecule has 43 heavy (non-hydrogen) atoms. The summed E-state index contributed by atoms with van der Waals surface area (Å²) in [5, 5.41) is 25.3. The predicted octanol–water partition coefficient (Wildman–Crippen LogP) is 4.80. The van der Waals surface area contributed by atoms with E-state index in [9.17, 15) is 9.59 Å². The highest BCUT2D eigenvalue weighted by Crippen LogP contribution is 2.24. The van der Waals surface area contributed by atoms with Crippen molar-refractivity contribution in [2.24, 2.45) is 7.05 Å². The number of hydrogen-bond donors (Lipinski definition) is 3. The molecule has 3 N–H and O–H groups in total. The van der Waals surface area contributed by atoms with Gasteiger partial charge in [0.2, 0.25) is 11.9 Å². The van der Waals surface area contributed by atoms with Gasteiger partial charge in [0.1, 0.15) is 11.5 Å². The Balaban J connectivity index is 0.000000324. The number of phenolic OH excluding ortho intramolecular Hbond substituents is 2. The number of benzene rings is 2. The van der Waals surface area contributed by atoms with Gasteiger partial charge in [0.05, 0.1) is 35.3 Å². The molecule has 11 heteroatoms. The van der Waals surface area contributed by atoms with Crippen molar-refractivity contribution in [3.05, 3.63) is 77.7 Å². The fraction of sp³-hybridized carbons (Fsp3) is 0.344. The van der Waals surface area contributed by atoms with Crippen LogP contribution in [0.2, 0.25) is 0 Å². The first-order valence-electron chi connectivity index (χ1n) is 14.1. The number of aromatic hydroxyl groups is 2. The van der Waals surface area contributed by atoms with Gasteiger partial charge in [-0.25, -0.2) is 9.97 Å². The van der Waals surface area contributed by atoms with Crippen LogP contribution < -0.4 is 5.32 Å². The van der Waals surface area contributed by atoms with Crippen molar-refractivity contribution in [1.29, 1.82) is 0 Å². The van der Waals surface area contributed by atoms with E-state index in [0.29, 0.717) is 25.5 Å². The van der Waals surface area contributed by atoms with Crippen LogP contribution in [0, 0.1) is 6.92 Å². The molecule has 0 atom stereocenters. The Labute approximate surface area is 251 Å². The fourth-order valence-electron chi connectivity index (χ4n) is 4.65. The molecule has 1 amide bonds. The summed E-state index contributed by atoms with van der Waals surface area (Å²) in [7, 11) is 1.86. The van der Waals surface area contributed by atoms with Crippen LogP contribution >= 0.6 is 0 Å². The summed E-state index contributed by atoms with van der Waals surface area (Å²) in [6, 6.07) is 12.0. The minimum absolute atomic E-state index is 0.0204. The van der Waals surface area contributed by atoms with E-state index in [1.54, 1.807) is 17.1 Å². The minimum atomic E-state index is -0.265. The number of amides is 1. The fourth-order valence-corrected chi connectivity index (χ4v) is 4.65. The highest BCUT2D eigenvalue weighted by molar-refractivity contribution is 5.97. The molecule has 226 valence electrons. The number of ketones is 1. The molecular formula is C32H38N6O5. The molecule has 0 saturated carbocycles. The van der Waals surface area contributed by atoms with Crippen molar-refractivity contribution in [3.63, 3.8) is 0 Å². The van der Waals surface area contributed by atoms with Gasteiger partial charge in [0.25, 0.3) is 0 Å². The zero-order chi connectivity index (χ0) is 31.1. The Morgan fingerprint density at radius 2 is 1.88 bits per heavy atom. The number of Topliss-reactive ketones (excluding diaryl/α,β-unsaturated/α-hetero) is 1. The van der Waals surface area contributed by atoms with Crippen LogP contribution in [-0.4, -0.2) is 71.8 Å². The zero-order valence-electron chi connectivity index (χ0n) is 25.1. The van der Waals surface area contributed by atoms with E-state index in [0.717, 1.165) is 28.9 Å². The van der Waals surface area contributed by atoms with E-state index in [2.05, 4.69) is 45.5 Å². The van der Waals surface area contributed by atoms with E-state index >= 15 is 0 Å². The summed E-state index contributed by atoms with van der Waals surface area (Å²) in [5.74, 6) is 0.331. The maximum absolute atomic E-state index is 12.5. The van der Waals surface area contributed by atoms with Crippen LogP contribution in [0.1, 0.15) is 48.7 Å². The van der Waals surface area contributed by atoms with Gasteiger partial charge in [-0.05, 0) is 75.6 Å². The van der Waals surface area contributed by atoms with E-state index in [4.69, 9.17) is 14.9 Å². The first kappa shape index (κ1) is 31.2. The summed E-state index contributed by atoms with van der Waals surface area (Å²) >= 11 is 0. The Kier molecular flexibility index (Phi) is 10.1. The minimum Gasteiger partial charge on any atom is -0.508 e. The molecule has 5 rings (SSSR count). The number of nitrogens with zero attached hydrogens (tertiary/aromatic N) is 5. The van der Waals surface area contributed by atoms with Gasteiger partial charge in [0, 0.05) is 44.5 Å². The maximum Gasteiger partial charge on any atom is 0.227 e. The number of aryl methyl sites for hydroxylation is 3. The summed E-state index contributed by atoms with van der Waals surface area (Å²) in [5.41, 5.74) is 5.18. The van der Waals surface area contributed by atoms with Gasteiger partial charge in [-0.3, -0.25) is 14.3 Å². The third kappa shape index (κ3) is 8.62. The molecule has 0 aliphatic carbocycles. The number of nitrogens with one attached hydrogen (secondary N) is 1. The zero-order valence-corrected chi connectivity index (χ0v) is 25.1. The second-order valence-electron chi connectivity index (χ2n) is 10.8. The predicted molar refractivity (Wildman–Crippen MR) is 163 cm³/mol. The molecule has 0 radical (unpaired) electrons. The van der Waals surface area contributed by atoms with Crippen molar-refractivity contribution in [2.45, 2.75) is 52.7 Å². The molecule has 2 aromatic carbocycles. The molecule has 1 aliphatic heterocycles. The Hall–Kier alpha value is -4.77. The van der Waals surface area contributed by atoms with Crippen molar-refractivity contribution in [2.75, 3.05) is 18.4 Å². The maximum atomic E-state index is 12.5. The van der Waals surface area contributed by atoms with E-state index in [1.807, 2.05) is 38.1 Å². The summed E-state index contributed by atoms with van der Waals surface area (Å²) in [4.78, 5) is 34.0. The number of hydrogen-bond acceptors (Lipinski definition) is 9. The lowest BCUT2D eigenvalue weighted by atomic mass is 9.99. The first-order chi connectivity index (χ1) is 20.5. The second kappa shape index (κ2) is 13.9. The van der Waals surface area contributed by atoms with Crippen LogP contribution in [0.5, 0.6) is 11.5 Å². The first-order valence-corrected chi connectivity index (χ1v) is 14.1. The molecule has 11 nitrogen and oxygen atoms in total. The number of anilines is 2. The number of rotatable bonds is 9. The van der Waals surface area contributed by atoms with E-state index < -0.39 is 0 Å². The molecule has 4 aromatic rings. The van der Waals surface area contributed by atoms with Crippen LogP contribution in [0.25, 0.3) is 11.3 Å². The third-order valence-electron chi connectivity index (χ3n) is 6.89. The number of ether oxygens (including phenoxy) is 1. The SMILES string of the molecule is CC(=O)c1cc(O)ccc1O.Cc1cc(-c2ccnc(Nc3cnn(C)c3)n2)ccc1CCC(=O)N1CC(OC(C)C)C1. The molecule has 0 spiro atoms. The number of aromatic nitrogens is 4. The van der Waals surface area contributed by atoms with E-state index in [-0.39, 0.29) is 41.0 Å². The number of likely N-dealkylation sites (tertiary alicyclic amines) is 1. The molecule has 0 unspecified atom stereocenters. The average Bonchev–Trinajstić information content (AvgIpc) is 3.35. The van der Waals surface area contributed by atoms with Gasteiger partial charge >= 0.3 is 0 Å². The van der Waals surface area contributed by atoms with Crippen LogP contribution in [-0.2, 0) is 23.0 Å². The molecule has 1 aliphatic rings. The lowest BCUT2D eigenvalue weighted by molar-refractivity contribution is -0.148. The quantitative estimate of drug-likeness (QED) is 0.186. The van der Waals surface area contributed by atoms with Crippen molar-refractivity contribution < 1.29 is 24.5 Å². The Morgan fingerprint density at radius 1 is 1.12 bits per heavy atom. The van der Waals surface area contributed by atoms with Crippen LogP contribution in [0.4, 0.5) is 11.6 Å². The van der Waals surface area contributed by atoms with E-state index in [1.165, 1.54) is 30.7 Å². The van der Waals surface area contributed by atoms with Gasteiger partial charge in [0.15, 0.2) is 5.78 Å². The Bertz CT molecular complexity index is 1580. The topological polar surface area (TPSA) is 143 Å². The second-order valence-corrected chi connectivity index (χ2v) is 10.8. The van der Waals surface area contributed by atoms with Gasteiger partial charge in [-0.15, -0.1) is 0 Å². The van der Waals surface area contributed by atoms with Crippen LogP contribution in [0.15, 0.2) is 61.1 Å². The normalized spacial score (nSPS) is 12.8. The molecule has 3 heterocycles. The standard InChI is InChI=1S/C24H30N6O2.C8H8O3/c1-16(2)32-21-14-30(15-21)23(31)8-7-18-5-6-19(11-17(18)3)22-9-10-25-24(28-22)27-20-12-26-29(4)13-20;1-5(9)7-4-6(10)2-3-8(7)11/h5-6,9-13,16,21H,7-8,14-15H2,1-4H3,(H,25,27,28);2-4,10-11H,1H3. The monoisotopic (exact) mass is 586 g/mol. The van der Waals surface area contributed by atoms with Gasteiger partial charge < -0.3 is 25.2 Å². The van der Waals surface area contributed by atoms with Crippen molar-refractivity contribution in [3.8, 4) is 22.8 Å². The molecular weight excluding hydrogens is 548 g/mol. The Morgan fingerprint density at radius 3 is 2.51 bits per heavy atom. The molecule has 1 saturated heterocycles. The number of phenols is 2. The average molecular weight is 587 g/mol. The highest BCUT2D eigenvalue weighted by Gasteiger charge is 2.31. The largest absolute Gasteiger partial charge is 0.508 e. The van der Waals surface area contributed by atoms with Crippen LogP contribution in [0.3, 0.4) is 0 Å². The van der Waals surface area contributed by atoms with Gasteiger partial charge in [-0.1, -0.05) is 12.1 Å². The number of carbonyl (C=O) groups is 2. The number of carbonyl (C=O) groups excluding carboxylic acids is 2.